The Balaban J connectivity index is 1.98. The van der Waals surface area contributed by atoms with Crippen LogP contribution in [0.4, 0.5) is 11.4 Å². The van der Waals surface area contributed by atoms with Crippen LogP contribution in [-0.2, 0) is 14.8 Å². The number of nitrogens with one attached hydrogen (secondary N) is 2. The van der Waals surface area contributed by atoms with Crippen molar-refractivity contribution in [2.75, 3.05) is 29.5 Å². The highest BCUT2D eigenvalue weighted by molar-refractivity contribution is 7.92. The maximum atomic E-state index is 11.0. The third kappa shape index (κ3) is 3.11. The van der Waals surface area contributed by atoms with E-state index in [0.29, 0.717) is 11.7 Å². The molecule has 1 aromatic rings. The molecule has 16 heavy (non-hydrogen) atoms. The first kappa shape index (κ1) is 11.2. The van der Waals surface area contributed by atoms with Gasteiger partial charge in [-0.25, -0.2) is 8.42 Å². The first-order chi connectivity index (χ1) is 7.53. The van der Waals surface area contributed by atoms with Gasteiger partial charge in [0.2, 0.25) is 10.0 Å². The van der Waals surface area contributed by atoms with E-state index in [1.807, 2.05) is 12.1 Å². The van der Waals surface area contributed by atoms with Crippen LogP contribution in [0.1, 0.15) is 0 Å². The number of sulfonamides is 1. The van der Waals surface area contributed by atoms with E-state index in [1.165, 1.54) is 0 Å². The van der Waals surface area contributed by atoms with Crippen molar-refractivity contribution in [3.63, 3.8) is 0 Å². The fraction of sp³-hybridized carbons (Fsp3) is 0.400. The van der Waals surface area contributed by atoms with Crippen molar-refractivity contribution in [3.05, 3.63) is 24.3 Å². The van der Waals surface area contributed by atoms with Crippen LogP contribution >= 0.6 is 0 Å². The van der Waals surface area contributed by atoms with Gasteiger partial charge >= 0.3 is 0 Å². The molecule has 1 aliphatic heterocycles. The minimum Gasteiger partial charge on any atom is -0.378 e. The largest absolute Gasteiger partial charge is 0.378 e. The molecule has 0 spiro atoms. The molecule has 1 heterocycles. The van der Waals surface area contributed by atoms with Gasteiger partial charge in [0, 0.05) is 11.4 Å². The molecule has 2 N–H and O–H groups in total. The minimum atomic E-state index is -3.20. The number of hydrogen-bond donors (Lipinski definition) is 2. The Morgan fingerprint density at radius 1 is 1.19 bits per heavy atom. The van der Waals surface area contributed by atoms with Crippen molar-refractivity contribution in [2.24, 2.45) is 0 Å². The molecule has 1 aliphatic rings. The average Bonchev–Trinajstić information content (AvgIpc) is 2.11. The number of ether oxygens (including phenoxy) is 1. The van der Waals surface area contributed by atoms with Crippen molar-refractivity contribution >= 4 is 21.4 Å². The summed E-state index contributed by atoms with van der Waals surface area (Å²) in [4.78, 5) is 0. The van der Waals surface area contributed by atoms with Crippen molar-refractivity contribution in [2.45, 2.75) is 6.04 Å². The Morgan fingerprint density at radius 2 is 1.75 bits per heavy atom. The normalized spacial score (nSPS) is 16.6. The Hall–Kier alpha value is -1.27. The maximum absolute atomic E-state index is 11.0. The molecule has 2 rings (SSSR count). The average molecular weight is 242 g/mol. The molecule has 0 aliphatic carbocycles. The van der Waals surface area contributed by atoms with Crippen molar-refractivity contribution in [1.29, 1.82) is 0 Å². The highest BCUT2D eigenvalue weighted by atomic mass is 32.2. The molecule has 0 atom stereocenters. The molecule has 1 aromatic carbocycles. The van der Waals surface area contributed by atoms with E-state index in [2.05, 4.69) is 10.0 Å². The molecule has 0 radical (unpaired) electrons. The van der Waals surface area contributed by atoms with Gasteiger partial charge in [0.25, 0.3) is 0 Å². The van der Waals surface area contributed by atoms with E-state index < -0.39 is 10.0 Å². The molecular formula is C10H14N2O3S. The van der Waals surface area contributed by atoms with E-state index in [4.69, 9.17) is 4.74 Å². The summed E-state index contributed by atoms with van der Waals surface area (Å²) in [6.45, 7) is 1.45. The van der Waals surface area contributed by atoms with Crippen LogP contribution in [0.3, 0.4) is 0 Å². The minimum absolute atomic E-state index is 0.369. The zero-order valence-electron chi connectivity index (χ0n) is 8.93. The van der Waals surface area contributed by atoms with Crippen LogP contribution in [0.2, 0.25) is 0 Å². The summed E-state index contributed by atoms with van der Waals surface area (Å²) in [7, 11) is -3.20. The number of benzene rings is 1. The van der Waals surface area contributed by atoms with Crippen molar-refractivity contribution < 1.29 is 13.2 Å². The van der Waals surface area contributed by atoms with Crippen LogP contribution in [-0.4, -0.2) is 33.9 Å². The molecule has 88 valence electrons. The second-order valence-corrected chi connectivity index (χ2v) is 5.58. The molecule has 5 nitrogen and oxygen atoms in total. The summed E-state index contributed by atoms with van der Waals surface area (Å²) in [5.74, 6) is 0. The van der Waals surface area contributed by atoms with Crippen LogP contribution in [0.15, 0.2) is 24.3 Å². The topological polar surface area (TPSA) is 67.4 Å². The van der Waals surface area contributed by atoms with E-state index in [0.717, 1.165) is 25.2 Å². The standard InChI is InChI=1S/C10H14N2O3S/c1-16(13,14)12-9-4-2-8(3-5-9)11-10-6-15-7-10/h2-5,10-12H,6-7H2,1H3. The lowest BCUT2D eigenvalue weighted by molar-refractivity contribution is 0.0211. The summed E-state index contributed by atoms with van der Waals surface area (Å²) < 4.78 is 29.4. The van der Waals surface area contributed by atoms with Crippen LogP contribution in [0, 0.1) is 0 Å². The van der Waals surface area contributed by atoms with E-state index >= 15 is 0 Å². The highest BCUT2D eigenvalue weighted by Gasteiger charge is 2.17. The monoisotopic (exact) mass is 242 g/mol. The van der Waals surface area contributed by atoms with E-state index in [9.17, 15) is 8.42 Å². The summed E-state index contributed by atoms with van der Waals surface area (Å²) in [6, 6.07) is 7.50. The van der Waals surface area contributed by atoms with Gasteiger partial charge in [0.15, 0.2) is 0 Å². The molecular weight excluding hydrogens is 228 g/mol. The summed E-state index contributed by atoms with van der Waals surface area (Å²) in [6.07, 6.45) is 1.13. The molecule has 0 saturated carbocycles. The van der Waals surface area contributed by atoms with Gasteiger partial charge in [-0.15, -0.1) is 0 Å². The lowest BCUT2D eigenvalue weighted by Gasteiger charge is -2.27. The summed E-state index contributed by atoms with van der Waals surface area (Å²) in [5, 5.41) is 3.27. The fourth-order valence-corrected chi connectivity index (χ4v) is 1.97. The zero-order chi connectivity index (χ0) is 11.6. The second kappa shape index (κ2) is 4.31. The van der Waals surface area contributed by atoms with Crippen molar-refractivity contribution in [1.82, 2.24) is 0 Å². The van der Waals surface area contributed by atoms with Gasteiger partial charge in [-0.2, -0.15) is 0 Å². The SMILES string of the molecule is CS(=O)(=O)Nc1ccc(NC2COC2)cc1. The maximum Gasteiger partial charge on any atom is 0.229 e. The van der Waals surface area contributed by atoms with E-state index in [1.54, 1.807) is 12.1 Å². The Bertz CT molecular complexity index is 451. The number of hydrogen-bond acceptors (Lipinski definition) is 4. The van der Waals surface area contributed by atoms with Crippen LogP contribution in [0.5, 0.6) is 0 Å². The predicted molar refractivity (Wildman–Crippen MR) is 63.1 cm³/mol. The first-order valence-electron chi connectivity index (χ1n) is 4.95. The van der Waals surface area contributed by atoms with Gasteiger partial charge in [-0.1, -0.05) is 0 Å². The number of rotatable bonds is 4. The Kier molecular flexibility index (Phi) is 3.02. The summed E-state index contributed by atoms with van der Waals surface area (Å²) >= 11 is 0. The van der Waals surface area contributed by atoms with Crippen LogP contribution in [0.25, 0.3) is 0 Å². The molecule has 1 saturated heterocycles. The van der Waals surface area contributed by atoms with Crippen LogP contribution < -0.4 is 10.0 Å². The number of anilines is 2. The smallest absolute Gasteiger partial charge is 0.229 e. The third-order valence-electron chi connectivity index (χ3n) is 2.20. The third-order valence-corrected chi connectivity index (χ3v) is 2.80. The van der Waals surface area contributed by atoms with Gasteiger partial charge < -0.3 is 10.1 Å². The van der Waals surface area contributed by atoms with Gasteiger partial charge in [-0.3, -0.25) is 4.72 Å². The Labute approximate surface area is 94.9 Å². The molecule has 1 fully saturated rings. The molecule has 6 heteroatoms. The zero-order valence-corrected chi connectivity index (χ0v) is 9.75. The molecule has 0 aromatic heterocycles. The lowest BCUT2D eigenvalue weighted by atomic mass is 10.2. The fourth-order valence-electron chi connectivity index (χ4n) is 1.40. The molecule has 0 unspecified atom stereocenters. The predicted octanol–water partition coefficient (Wildman–Crippen LogP) is 0.869. The van der Waals surface area contributed by atoms with E-state index in [-0.39, 0.29) is 0 Å². The molecule has 0 bridgehead atoms. The quantitative estimate of drug-likeness (QED) is 0.822. The first-order valence-corrected chi connectivity index (χ1v) is 6.84. The summed E-state index contributed by atoms with van der Waals surface area (Å²) in [5.41, 5.74) is 1.53. The Morgan fingerprint density at radius 3 is 2.19 bits per heavy atom. The van der Waals surface area contributed by atoms with Crippen molar-refractivity contribution in [3.8, 4) is 0 Å². The second-order valence-electron chi connectivity index (χ2n) is 3.83. The van der Waals surface area contributed by atoms with Gasteiger partial charge in [0.1, 0.15) is 0 Å². The van der Waals surface area contributed by atoms with Gasteiger partial charge in [0.05, 0.1) is 25.5 Å². The highest BCUT2D eigenvalue weighted by Crippen LogP contribution is 2.16. The molecule has 0 amide bonds. The van der Waals surface area contributed by atoms with Gasteiger partial charge in [-0.05, 0) is 24.3 Å². The lowest BCUT2D eigenvalue weighted by Crippen LogP contribution is -2.40.